The third-order valence-electron chi connectivity index (χ3n) is 3.39. The van der Waals surface area contributed by atoms with Crippen LogP contribution in [-0.2, 0) is 13.5 Å². The summed E-state index contributed by atoms with van der Waals surface area (Å²) in [6.07, 6.45) is 1.60. The lowest BCUT2D eigenvalue weighted by Gasteiger charge is -2.12. The highest BCUT2D eigenvalue weighted by atomic mass is 16.5. The van der Waals surface area contributed by atoms with Crippen LogP contribution in [-0.4, -0.2) is 39.2 Å². The van der Waals surface area contributed by atoms with Gasteiger partial charge in [-0.05, 0) is 23.3 Å². The minimum atomic E-state index is -0.767. The van der Waals surface area contributed by atoms with E-state index in [9.17, 15) is 9.90 Å². The van der Waals surface area contributed by atoms with Crippen LogP contribution < -0.4 is 10.1 Å². The fourth-order valence-electron chi connectivity index (χ4n) is 2.26. The first-order valence-corrected chi connectivity index (χ1v) is 6.71. The molecule has 1 aromatic carbocycles. The summed E-state index contributed by atoms with van der Waals surface area (Å²) in [6.45, 7) is 0.799. The quantitative estimate of drug-likeness (QED) is 0.839. The number of fused-ring (bicyclic) bond motifs is 1. The van der Waals surface area contributed by atoms with Crippen molar-refractivity contribution in [2.75, 3.05) is 13.2 Å². The molecule has 2 aromatic rings. The Labute approximate surface area is 121 Å². The zero-order chi connectivity index (χ0) is 14.8. The molecule has 21 heavy (non-hydrogen) atoms. The number of carbonyl (C=O) groups excluding carboxylic acids is 1. The SMILES string of the molecule is Cn1cc(C(=O)NC[C@@H](O)c2ccc3c(c2)CCO3)nn1. The molecule has 0 fully saturated rings. The first kappa shape index (κ1) is 13.6. The van der Waals surface area contributed by atoms with Crippen LogP contribution in [0.15, 0.2) is 24.4 Å². The molecule has 1 amide bonds. The van der Waals surface area contributed by atoms with Crippen LogP contribution in [0.1, 0.15) is 27.7 Å². The third kappa shape index (κ3) is 2.87. The number of ether oxygens (including phenoxy) is 1. The number of aliphatic hydroxyl groups is 1. The molecule has 0 aliphatic carbocycles. The molecule has 0 unspecified atom stereocenters. The van der Waals surface area contributed by atoms with E-state index in [-0.39, 0.29) is 18.1 Å². The van der Waals surface area contributed by atoms with E-state index in [1.54, 1.807) is 7.05 Å². The lowest BCUT2D eigenvalue weighted by molar-refractivity contribution is 0.0911. The minimum absolute atomic E-state index is 0.120. The Hall–Kier alpha value is -2.41. The number of hydrogen-bond donors (Lipinski definition) is 2. The second kappa shape index (κ2) is 5.53. The van der Waals surface area contributed by atoms with E-state index < -0.39 is 6.10 Å². The van der Waals surface area contributed by atoms with Crippen molar-refractivity contribution in [3.63, 3.8) is 0 Å². The Balaban J connectivity index is 1.61. The fraction of sp³-hybridized carbons (Fsp3) is 0.357. The van der Waals surface area contributed by atoms with Crippen LogP contribution in [0.2, 0.25) is 0 Å². The van der Waals surface area contributed by atoms with Crippen LogP contribution in [0.25, 0.3) is 0 Å². The minimum Gasteiger partial charge on any atom is -0.493 e. The summed E-state index contributed by atoms with van der Waals surface area (Å²) in [5, 5.41) is 20.2. The lowest BCUT2D eigenvalue weighted by atomic mass is 10.0. The monoisotopic (exact) mass is 288 g/mol. The predicted molar refractivity (Wildman–Crippen MR) is 73.9 cm³/mol. The van der Waals surface area contributed by atoms with Crippen LogP contribution in [0.4, 0.5) is 0 Å². The first-order valence-electron chi connectivity index (χ1n) is 6.71. The van der Waals surface area contributed by atoms with Crippen molar-refractivity contribution < 1.29 is 14.6 Å². The standard InChI is InChI=1S/C14H16N4O3/c1-18-8-11(16-17-18)14(20)15-7-12(19)9-2-3-13-10(6-9)4-5-21-13/h2-3,6,8,12,19H,4-5,7H2,1H3,(H,15,20)/t12-/m1/s1. The Morgan fingerprint density at radius 1 is 1.57 bits per heavy atom. The van der Waals surface area contributed by atoms with Gasteiger partial charge in [-0.1, -0.05) is 11.3 Å². The largest absolute Gasteiger partial charge is 0.493 e. The van der Waals surface area contributed by atoms with Crippen LogP contribution >= 0.6 is 0 Å². The van der Waals surface area contributed by atoms with E-state index >= 15 is 0 Å². The zero-order valence-electron chi connectivity index (χ0n) is 11.6. The fourth-order valence-corrected chi connectivity index (χ4v) is 2.26. The van der Waals surface area contributed by atoms with Gasteiger partial charge in [-0.15, -0.1) is 5.10 Å². The number of rotatable bonds is 4. The second-order valence-corrected chi connectivity index (χ2v) is 4.97. The molecule has 2 heterocycles. The van der Waals surface area contributed by atoms with Crippen molar-refractivity contribution in [3.05, 3.63) is 41.2 Å². The zero-order valence-corrected chi connectivity index (χ0v) is 11.6. The van der Waals surface area contributed by atoms with Crippen molar-refractivity contribution in [2.24, 2.45) is 7.05 Å². The highest BCUT2D eigenvalue weighted by Crippen LogP contribution is 2.27. The Bertz CT molecular complexity index is 668. The molecule has 7 nitrogen and oxygen atoms in total. The average molecular weight is 288 g/mol. The molecular formula is C14H16N4O3. The summed E-state index contributed by atoms with van der Waals surface area (Å²) in [5.41, 5.74) is 2.08. The Morgan fingerprint density at radius 3 is 3.19 bits per heavy atom. The Kier molecular flexibility index (Phi) is 3.57. The van der Waals surface area contributed by atoms with Gasteiger partial charge in [-0.25, -0.2) is 0 Å². The van der Waals surface area contributed by atoms with Crippen LogP contribution in [0.3, 0.4) is 0 Å². The maximum Gasteiger partial charge on any atom is 0.273 e. The molecule has 0 saturated carbocycles. The molecule has 110 valence electrons. The number of aromatic nitrogens is 3. The van der Waals surface area contributed by atoms with Crippen molar-refractivity contribution in [2.45, 2.75) is 12.5 Å². The summed E-state index contributed by atoms with van der Waals surface area (Å²) in [6, 6.07) is 5.58. The van der Waals surface area contributed by atoms with E-state index in [0.717, 1.165) is 23.3 Å². The summed E-state index contributed by atoms with van der Waals surface area (Å²) in [5.74, 6) is 0.515. The Morgan fingerprint density at radius 2 is 2.43 bits per heavy atom. The molecule has 0 spiro atoms. The number of nitrogens with one attached hydrogen (secondary N) is 1. The molecule has 3 rings (SSSR count). The van der Waals surface area contributed by atoms with Crippen molar-refractivity contribution in [1.82, 2.24) is 20.3 Å². The third-order valence-corrected chi connectivity index (χ3v) is 3.39. The molecule has 1 aliphatic heterocycles. The smallest absolute Gasteiger partial charge is 0.273 e. The molecule has 1 atom stereocenters. The van der Waals surface area contributed by atoms with Gasteiger partial charge in [0.2, 0.25) is 0 Å². The van der Waals surface area contributed by atoms with Crippen molar-refractivity contribution >= 4 is 5.91 Å². The summed E-state index contributed by atoms with van der Waals surface area (Å²) in [4.78, 5) is 11.8. The van der Waals surface area contributed by atoms with E-state index in [1.807, 2.05) is 18.2 Å². The van der Waals surface area contributed by atoms with Crippen LogP contribution in [0.5, 0.6) is 5.75 Å². The maximum atomic E-state index is 11.8. The number of benzene rings is 1. The molecule has 0 radical (unpaired) electrons. The molecular weight excluding hydrogens is 272 g/mol. The number of nitrogens with zero attached hydrogens (tertiary/aromatic N) is 3. The normalized spacial score (nSPS) is 14.4. The van der Waals surface area contributed by atoms with Crippen LogP contribution in [0, 0.1) is 0 Å². The highest BCUT2D eigenvalue weighted by molar-refractivity contribution is 5.91. The summed E-state index contributed by atoms with van der Waals surface area (Å²) in [7, 11) is 1.69. The number of hydrogen-bond acceptors (Lipinski definition) is 5. The number of aryl methyl sites for hydroxylation is 1. The van der Waals surface area contributed by atoms with Gasteiger partial charge in [-0.2, -0.15) is 0 Å². The van der Waals surface area contributed by atoms with Gasteiger partial charge in [0.1, 0.15) is 5.75 Å². The lowest BCUT2D eigenvalue weighted by Crippen LogP contribution is -2.28. The van der Waals surface area contributed by atoms with Crippen molar-refractivity contribution in [1.29, 1.82) is 0 Å². The average Bonchev–Trinajstić information content (AvgIpc) is 3.12. The number of carbonyl (C=O) groups is 1. The molecule has 7 heteroatoms. The summed E-state index contributed by atoms with van der Waals surface area (Å²) >= 11 is 0. The van der Waals surface area contributed by atoms with E-state index in [4.69, 9.17) is 4.74 Å². The van der Waals surface area contributed by atoms with Gasteiger partial charge in [0.15, 0.2) is 5.69 Å². The summed E-state index contributed by atoms with van der Waals surface area (Å²) < 4.78 is 6.87. The van der Waals surface area contributed by atoms with Crippen molar-refractivity contribution in [3.8, 4) is 5.75 Å². The molecule has 2 N–H and O–H groups in total. The molecule has 0 bridgehead atoms. The topological polar surface area (TPSA) is 89.3 Å². The van der Waals surface area contributed by atoms with Gasteiger partial charge in [0.25, 0.3) is 5.91 Å². The van der Waals surface area contributed by atoms with E-state index in [0.29, 0.717) is 6.61 Å². The van der Waals surface area contributed by atoms with Gasteiger partial charge in [-0.3, -0.25) is 9.48 Å². The highest BCUT2D eigenvalue weighted by Gasteiger charge is 2.17. The molecule has 1 aliphatic rings. The van der Waals surface area contributed by atoms with Gasteiger partial charge in [0, 0.05) is 20.0 Å². The second-order valence-electron chi connectivity index (χ2n) is 4.97. The van der Waals surface area contributed by atoms with E-state index in [1.165, 1.54) is 10.9 Å². The molecule has 0 saturated heterocycles. The predicted octanol–water partition coefficient (Wildman–Crippen LogP) is 0.213. The van der Waals surface area contributed by atoms with Gasteiger partial charge < -0.3 is 15.2 Å². The number of aliphatic hydroxyl groups excluding tert-OH is 1. The molecule has 1 aromatic heterocycles. The van der Waals surface area contributed by atoms with Gasteiger partial charge >= 0.3 is 0 Å². The van der Waals surface area contributed by atoms with E-state index in [2.05, 4.69) is 15.6 Å². The first-order chi connectivity index (χ1) is 10.1. The maximum absolute atomic E-state index is 11.8. The number of amides is 1. The van der Waals surface area contributed by atoms with Gasteiger partial charge in [0.05, 0.1) is 18.9 Å².